The average Bonchev–Trinajstić information content (AvgIpc) is 2.62. The van der Waals surface area contributed by atoms with E-state index in [1.165, 1.54) is 12.1 Å². The second kappa shape index (κ2) is 3.70. The molecule has 1 fully saturated rings. The number of hydrogen-bond acceptors (Lipinski definition) is 2. The number of benzene rings is 1. The maximum atomic E-state index is 13.5. The van der Waals surface area contributed by atoms with Crippen LogP contribution < -0.4 is 5.32 Å². The molecule has 0 heterocycles. The van der Waals surface area contributed by atoms with Gasteiger partial charge in [0, 0.05) is 12.0 Å². The summed E-state index contributed by atoms with van der Waals surface area (Å²) in [7, 11) is 0. The van der Waals surface area contributed by atoms with E-state index >= 15 is 0 Å². The summed E-state index contributed by atoms with van der Waals surface area (Å²) in [6.07, 6.45) is 0. The van der Waals surface area contributed by atoms with Gasteiger partial charge in [-0.1, -0.05) is 27.7 Å². The highest BCUT2D eigenvalue weighted by Crippen LogP contribution is 2.68. The molecule has 0 aromatic heterocycles. The van der Waals surface area contributed by atoms with Gasteiger partial charge in [0.2, 0.25) is 5.91 Å². The summed E-state index contributed by atoms with van der Waals surface area (Å²) < 4.78 is 13.5. The third-order valence-electron chi connectivity index (χ3n) is 4.49. The standard InChI is InChI=1S/C14H18FNO2/c1-13(2)11(14(13,3)4)12(18)16-10-6-5-8(17)7-9(10)15/h5-7,11,17H,1-4H3,(H,16,18). The van der Waals surface area contributed by atoms with Crippen molar-refractivity contribution in [3.8, 4) is 5.75 Å². The van der Waals surface area contributed by atoms with Gasteiger partial charge in [0.15, 0.2) is 0 Å². The summed E-state index contributed by atoms with van der Waals surface area (Å²) in [6.45, 7) is 8.13. The van der Waals surface area contributed by atoms with Gasteiger partial charge < -0.3 is 10.4 Å². The van der Waals surface area contributed by atoms with E-state index in [0.29, 0.717) is 0 Å². The third-order valence-corrected chi connectivity index (χ3v) is 4.49. The molecule has 0 bridgehead atoms. The lowest BCUT2D eigenvalue weighted by molar-refractivity contribution is -0.118. The van der Waals surface area contributed by atoms with Crippen molar-refractivity contribution in [1.82, 2.24) is 0 Å². The minimum absolute atomic E-state index is 0.0789. The van der Waals surface area contributed by atoms with E-state index in [4.69, 9.17) is 5.11 Å². The van der Waals surface area contributed by atoms with Gasteiger partial charge in [0.1, 0.15) is 11.6 Å². The predicted molar refractivity (Wildman–Crippen MR) is 67.7 cm³/mol. The number of anilines is 1. The Morgan fingerprint density at radius 3 is 2.28 bits per heavy atom. The van der Waals surface area contributed by atoms with Crippen LogP contribution >= 0.6 is 0 Å². The minimum Gasteiger partial charge on any atom is -0.508 e. The van der Waals surface area contributed by atoms with Crippen molar-refractivity contribution in [2.24, 2.45) is 16.7 Å². The summed E-state index contributed by atoms with van der Waals surface area (Å²) in [5.74, 6) is -1.08. The van der Waals surface area contributed by atoms with Crippen LogP contribution in [-0.2, 0) is 4.79 Å². The van der Waals surface area contributed by atoms with E-state index in [1.54, 1.807) is 0 Å². The molecule has 0 unspecified atom stereocenters. The molecule has 2 rings (SSSR count). The summed E-state index contributed by atoms with van der Waals surface area (Å²) in [4.78, 5) is 12.1. The molecule has 3 nitrogen and oxygen atoms in total. The first kappa shape index (κ1) is 12.9. The summed E-state index contributed by atoms with van der Waals surface area (Å²) >= 11 is 0. The lowest BCUT2D eigenvalue weighted by Gasteiger charge is -2.07. The van der Waals surface area contributed by atoms with Gasteiger partial charge in [0.05, 0.1) is 5.69 Å². The Hall–Kier alpha value is -1.58. The fraction of sp³-hybridized carbons (Fsp3) is 0.500. The molecule has 1 amide bonds. The second-order valence-electron chi connectivity index (χ2n) is 6.03. The maximum Gasteiger partial charge on any atom is 0.228 e. The number of phenolic OH excluding ortho intramolecular Hbond substituents is 1. The van der Waals surface area contributed by atoms with Gasteiger partial charge in [-0.2, -0.15) is 0 Å². The molecule has 4 heteroatoms. The van der Waals surface area contributed by atoms with E-state index in [2.05, 4.69) is 5.32 Å². The Morgan fingerprint density at radius 1 is 1.28 bits per heavy atom. The number of aromatic hydroxyl groups is 1. The zero-order chi connectivity index (χ0) is 13.7. The zero-order valence-corrected chi connectivity index (χ0v) is 11.0. The van der Waals surface area contributed by atoms with Gasteiger partial charge >= 0.3 is 0 Å². The molecule has 1 saturated carbocycles. The van der Waals surface area contributed by atoms with E-state index in [9.17, 15) is 9.18 Å². The highest BCUT2D eigenvalue weighted by molar-refractivity contribution is 5.96. The second-order valence-corrected chi connectivity index (χ2v) is 6.03. The number of nitrogens with one attached hydrogen (secondary N) is 1. The Bertz CT molecular complexity index is 495. The van der Waals surface area contributed by atoms with Gasteiger partial charge in [-0.15, -0.1) is 0 Å². The number of phenols is 1. The number of rotatable bonds is 2. The van der Waals surface area contributed by atoms with Crippen molar-refractivity contribution < 1.29 is 14.3 Å². The topological polar surface area (TPSA) is 49.3 Å². The molecule has 0 spiro atoms. The van der Waals surface area contributed by atoms with Gasteiger partial charge in [-0.05, 0) is 23.0 Å². The molecule has 0 saturated heterocycles. The number of halogens is 1. The highest BCUT2D eigenvalue weighted by atomic mass is 19.1. The number of hydrogen-bond donors (Lipinski definition) is 2. The molecule has 0 aliphatic heterocycles. The van der Waals surface area contributed by atoms with Crippen molar-refractivity contribution in [1.29, 1.82) is 0 Å². The summed E-state index contributed by atoms with van der Waals surface area (Å²) in [5.41, 5.74) is -0.0501. The highest BCUT2D eigenvalue weighted by Gasteiger charge is 2.68. The number of carbonyl (C=O) groups excluding carboxylic acids is 1. The Kier molecular flexibility index (Phi) is 2.65. The van der Waals surface area contributed by atoms with Crippen LogP contribution in [0.25, 0.3) is 0 Å². The quantitative estimate of drug-likeness (QED) is 0.793. The van der Waals surface area contributed by atoms with Crippen molar-refractivity contribution in [2.45, 2.75) is 27.7 Å². The van der Waals surface area contributed by atoms with Gasteiger partial charge in [-0.25, -0.2) is 4.39 Å². The van der Waals surface area contributed by atoms with Crippen LogP contribution in [0.2, 0.25) is 0 Å². The lowest BCUT2D eigenvalue weighted by Crippen LogP contribution is -2.18. The van der Waals surface area contributed by atoms with E-state index in [0.717, 1.165) is 6.07 Å². The molecule has 1 aliphatic rings. The predicted octanol–water partition coefficient (Wildman–Crippen LogP) is 3.15. The molecule has 2 N–H and O–H groups in total. The Morgan fingerprint density at radius 2 is 1.83 bits per heavy atom. The zero-order valence-electron chi connectivity index (χ0n) is 11.0. The van der Waals surface area contributed by atoms with E-state index in [1.807, 2.05) is 27.7 Å². The largest absolute Gasteiger partial charge is 0.508 e. The maximum absolute atomic E-state index is 13.5. The first-order chi connectivity index (χ1) is 8.18. The molecule has 0 atom stereocenters. The van der Waals surface area contributed by atoms with Crippen LogP contribution in [0, 0.1) is 22.6 Å². The van der Waals surface area contributed by atoms with Crippen LogP contribution in [0.5, 0.6) is 5.75 Å². The minimum atomic E-state index is -0.625. The van der Waals surface area contributed by atoms with Crippen molar-refractivity contribution >= 4 is 11.6 Å². The molecule has 1 aliphatic carbocycles. The van der Waals surface area contributed by atoms with E-state index < -0.39 is 5.82 Å². The lowest BCUT2D eigenvalue weighted by atomic mass is 10.0. The fourth-order valence-electron chi connectivity index (χ4n) is 2.66. The van der Waals surface area contributed by atoms with Crippen LogP contribution in [-0.4, -0.2) is 11.0 Å². The number of carbonyl (C=O) groups is 1. The Balaban J connectivity index is 2.14. The van der Waals surface area contributed by atoms with Crippen LogP contribution in [0.4, 0.5) is 10.1 Å². The van der Waals surface area contributed by atoms with Crippen LogP contribution in [0.3, 0.4) is 0 Å². The first-order valence-electron chi connectivity index (χ1n) is 5.97. The Labute approximate surface area is 106 Å². The first-order valence-corrected chi connectivity index (χ1v) is 5.97. The van der Waals surface area contributed by atoms with Crippen molar-refractivity contribution in [3.05, 3.63) is 24.0 Å². The van der Waals surface area contributed by atoms with Crippen LogP contribution in [0.1, 0.15) is 27.7 Å². The van der Waals surface area contributed by atoms with Crippen LogP contribution in [0.15, 0.2) is 18.2 Å². The smallest absolute Gasteiger partial charge is 0.228 e. The molecule has 1 aromatic rings. The van der Waals surface area contributed by atoms with Crippen molar-refractivity contribution in [3.63, 3.8) is 0 Å². The molecule has 0 radical (unpaired) electrons. The molecule has 1 aromatic carbocycles. The molecular weight excluding hydrogens is 233 g/mol. The fourth-order valence-corrected chi connectivity index (χ4v) is 2.66. The van der Waals surface area contributed by atoms with Gasteiger partial charge in [0.25, 0.3) is 0 Å². The summed E-state index contributed by atoms with van der Waals surface area (Å²) in [6, 6.07) is 3.70. The molecular formula is C14H18FNO2. The molecule has 18 heavy (non-hydrogen) atoms. The average molecular weight is 251 g/mol. The number of amides is 1. The summed E-state index contributed by atoms with van der Waals surface area (Å²) in [5, 5.41) is 11.7. The van der Waals surface area contributed by atoms with Crippen molar-refractivity contribution in [2.75, 3.05) is 5.32 Å². The van der Waals surface area contributed by atoms with Gasteiger partial charge in [-0.3, -0.25) is 4.79 Å². The molecule has 98 valence electrons. The third kappa shape index (κ3) is 1.76. The monoisotopic (exact) mass is 251 g/mol. The van der Waals surface area contributed by atoms with E-state index in [-0.39, 0.29) is 34.1 Å². The normalized spacial score (nSPS) is 20.5. The SMILES string of the molecule is CC1(C)C(C(=O)Nc2ccc(O)cc2F)C1(C)C.